The molecule has 1 fully saturated rings. The Morgan fingerprint density at radius 3 is 2.67 bits per heavy atom. The third-order valence-electron chi connectivity index (χ3n) is 4.83. The quantitative estimate of drug-likeness (QED) is 0.878. The molecule has 1 aromatic heterocycles. The molecule has 1 saturated carbocycles. The van der Waals surface area contributed by atoms with Gasteiger partial charge in [-0.15, -0.1) is 0 Å². The van der Waals surface area contributed by atoms with Crippen LogP contribution in [0, 0.1) is 17.8 Å². The Kier molecular flexibility index (Phi) is 5.63. The molecule has 3 unspecified atom stereocenters. The zero-order valence-electron chi connectivity index (χ0n) is 13.9. The van der Waals surface area contributed by atoms with Crippen molar-refractivity contribution in [3.05, 3.63) is 24.0 Å². The molecule has 0 saturated heterocycles. The second kappa shape index (κ2) is 7.26. The van der Waals surface area contributed by atoms with Gasteiger partial charge < -0.3 is 10.5 Å². The average Bonchev–Trinajstić information content (AvgIpc) is 2.47. The molecule has 0 spiro atoms. The highest BCUT2D eigenvalue weighted by Crippen LogP contribution is 2.35. The van der Waals surface area contributed by atoms with Crippen molar-refractivity contribution in [1.82, 2.24) is 4.98 Å². The zero-order valence-corrected chi connectivity index (χ0v) is 13.9. The summed E-state index contributed by atoms with van der Waals surface area (Å²) >= 11 is 0. The van der Waals surface area contributed by atoms with Crippen LogP contribution in [0.3, 0.4) is 0 Å². The van der Waals surface area contributed by atoms with E-state index in [9.17, 15) is 0 Å². The Morgan fingerprint density at radius 2 is 2.10 bits per heavy atom. The first-order valence-corrected chi connectivity index (χ1v) is 8.39. The maximum Gasteiger partial charge on any atom is 0.138 e. The summed E-state index contributed by atoms with van der Waals surface area (Å²) in [5.41, 5.74) is 6.95. The predicted octanol–water partition coefficient (Wildman–Crippen LogP) is 4.33. The van der Waals surface area contributed by atoms with Gasteiger partial charge >= 0.3 is 0 Å². The standard InChI is InChI=1S/C18H30N2O/c1-5-16(19)17-9-7-14(11-20-17)21-18-10-13(4)6-8-15(18)12(2)3/h7,9,11-13,15-16,18H,5-6,8,10,19H2,1-4H3/t13?,15?,16-,18?/m0/s1. The zero-order chi connectivity index (χ0) is 15.4. The molecule has 0 aliphatic heterocycles. The van der Waals surface area contributed by atoms with Gasteiger partial charge in [0.15, 0.2) is 0 Å². The number of pyridine rings is 1. The number of hydrogen-bond donors (Lipinski definition) is 1. The molecule has 1 aliphatic rings. The lowest BCUT2D eigenvalue weighted by Gasteiger charge is -2.37. The van der Waals surface area contributed by atoms with Crippen molar-refractivity contribution in [2.45, 2.75) is 65.5 Å². The molecule has 0 bridgehead atoms. The van der Waals surface area contributed by atoms with Crippen LogP contribution in [0.4, 0.5) is 0 Å². The summed E-state index contributed by atoms with van der Waals surface area (Å²) in [4.78, 5) is 4.45. The van der Waals surface area contributed by atoms with Crippen molar-refractivity contribution in [3.63, 3.8) is 0 Å². The van der Waals surface area contributed by atoms with E-state index in [1.807, 2.05) is 18.3 Å². The van der Waals surface area contributed by atoms with E-state index >= 15 is 0 Å². The van der Waals surface area contributed by atoms with Crippen LogP contribution < -0.4 is 10.5 Å². The summed E-state index contributed by atoms with van der Waals surface area (Å²) in [6.45, 7) is 9.01. The van der Waals surface area contributed by atoms with E-state index in [2.05, 4.69) is 32.7 Å². The Balaban J connectivity index is 2.04. The lowest BCUT2D eigenvalue weighted by atomic mass is 9.75. The van der Waals surface area contributed by atoms with Gasteiger partial charge in [0.1, 0.15) is 11.9 Å². The van der Waals surface area contributed by atoms with Crippen molar-refractivity contribution in [1.29, 1.82) is 0 Å². The SMILES string of the molecule is CC[C@H](N)c1ccc(OC2CC(C)CCC2C(C)C)cn1. The first-order valence-electron chi connectivity index (χ1n) is 8.39. The van der Waals surface area contributed by atoms with Crippen molar-refractivity contribution in [3.8, 4) is 5.75 Å². The van der Waals surface area contributed by atoms with Gasteiger partial charge in [0.25, 0.3) is 0 Å². The van der Waals surface area contributed by atoms with E-state index in [-0.39, 0.29) is 6.04 Å². The topological polar surface area (TPSA) is 48.1 Å². The first-order chi connectivity index (χ1) is 10.0. The Labute approximate surface area is 129 Å². The van der Waals surface area contributed by atoms with Gasteiger partial charge in [-0.25, -0.2) is 0 Å². The van der Waals surface area contributed by atoms with Gasteiger partial charge in [0.05, 0.1) is 11.9 Å². The molecule has 2 N–H and O–H groups in total. The second-order valence-corrected chi connectivity index (χ2v) is 6.92. The van der Waals surface area contributed by atoms with Gasteiger partial charge in [-0.2, -0.15) is 0 Å². The van der Waals surface area contributed by atoms with Crippen LogP contribution in [0.15, 0.2) is 18.3 Å². The van der Waals surface area contributed by atoms with Gasteiger partial charge in [-0.05, 0) is 49.1 Å². The summed E-state index contributed by atoms with van der Waals surface area (Å²) in [6, 6.07) is 4.05. The normalized spacial score (nSPS) is 27.6. The fraction of sp³-hybridized carbons (Fsp3) is 0.722. The molecule has 4 atom stereocenters. The molecule has 0 aromatic carbocycles. The molecule has 1 aromatic rings. The Morgan fingerprint density at radius 1 is 1.33 bits per heavy atom. The first kappa shape index (κ1) is 16.3. The number of ether oxygens (including phenoxy) is 1. The van der Waals surface area contributed by atoms with E-state index in [1.165, 1.54) is 12.8 Å². The molecule has 3 nitrogen and oxygen atoms in total. The summed E-state index contributed by atoms with van der Waals surface area (Å²) in [5.74, 6) is 2.96. The predicted molar refractivity (Wildman–Crippen MR) is 87.2 cm³/mol. The van der Waals surface area contributed by atoms with Crippen molar-refractivity contribution in [2.75, 3.05) is 0 Å². The molecule has 1 aliphatic carbocycles. The summed E-state index contributed by atoms with van der Waals surface area (Å²) in [5, 5.41) is 0. The third kappa shape index (κ3) is 4.19. The molecular formula is C18H30N2O. The minimum atomic E-state index is 0.0252. The van der Waals surface area contributed by atoms with Crippen LogP contribution in [0.1, 0.15) is 65.1 Å². The molecule has 2 rings (SSSR count). The van der Waals surface area contributed by atoms with Crippen LogP contribution in [-0.4, -0.2) is 11.1 Å². The lowest BCUT2D eigenvalue weighted by Crippen LogP contribution is -2.36. The van der Waals surface area contributed by atoms with Crippen molar-refractivity contribution < 1.29 is 4.74 Å². The average molecular weight is 290 g/mol. The largest absolute Gasteiger partial charge is 0.489 e. The number of rotatable bonds is 5. The smallest absolute Gasteiger partial charge is 0.138 e. The van der Waals surface area contributed by atoms with E-state index < -0.39 is 0 Å². The van der Waals surface area contributed by atoms with Crippen LogP contribution in [0.25, 0.3) is 0 Å². The minimum absolute atomic E-state index is 0.0252. The molecular weight excluding hydrogens is 260 g/mol. The fourth-order valence-corrected chi connectivity index (χ4v) is 3.31. The van der Waals surface area contributed by atoms with Gasteiger partial charge in [-0.3, -0.25) is 4.98 Å². The van der Waals surface area contributed by atoms with Crippen molar-refractivity contribution in [2.24, 2.45) is 23.5 Å². The molecule has 118 valence electrons. The molecule has 0 amide bonds. The molecule has 21 heavy (non-hydrogen) atoms. The highest BCUT2D eigenvalue weighted by molar-refractivity contribution is 5.21. The maximum absolute atomic E-state index is 6.26. The highest BCUT2D eigenvalue weighted by Gasteiger charge is 2.32. The fourth-order valence-electron chi connectivity index (χ4n) is 3.31. The summed E-state index contributed by atoms with van der Waals surface area (Å²) < 4.78 is 6.26. The lowest BCUT2D eigenvalue weighted by molar-refractivity contribution is 0.0457. The monoisotopic (exact) mass is 290 g/mol. The number of nitrogens with zero attached hydrogens (tertiary/aromatic N) is 1. The summed E-state index contributed by atoms with van der Waals surface area (Å²) in [7, 11) is 0. The highest BCUT2D eigenvalue weighted by atomic mass is 16.5. The number of aromatic nitrogens is 1. The van der Waals surface area contributed by atoms with Crippen molar-refractivity contribution >= 4 is 0 Å². The summed E-state index contributed by atoms with van der Waals surface area (Å²) in [6.07, 6.45) is 6.81. The maximum atomic E-state index is 6.26. The number of nitrogens with two attached hydrogens (primary N) is 1. The third-order valence-corrected chi connectivity index (χ3v) is 4.83. The van der Waals surface area contributed by atoms with E-state index in [4.69, 9.17) is 10.5 Å². The van der Waals surface area contributed by atoms with E-state index in [1.54, 1.807) is 0 Å². The van der Waals surface area contributed by atoms with E-state index in [0.29, 0.717) is 17.9 Å². The molecule has 0 radical (unpaired) electrons. The minimum Gasteiger partial charge on any atom is -0.489 e. The van der Waals surface area contributed by atoms with E-state index in [0.717, 1.165) is 30.2 Å². The van der Waals surface area contributed by atoms with Crippen LogP contribution >= 0.6 is 0 Å². The molecule has 3 heteroatoms. The van der Waals surface area contributed by atoms with Gasteiger partial charge in [0, 0.05) is 6.04 Å². The second-order valence-electron chi connectivity index (χ2n) is 6.92. The molecule has 1 heterocycles. The van der Waals surface area contributed by atoms with Crippen LogP contribution in [0.5, 0.6) is 5.75 Å². The van der Waals surface area contributed by atoms with Gasteiger partial charge in [0.2, 0.25) is 0 Å². The van der Waals surface area contributed by atoms with Gasteiger partial charge in [-0.1, -0.05) is 34.1 Å². The van der Waals surface area contributed by atoms with Crippen LogP contribution in [0.2, 0.25) is 0 Å². The Hall–Kier alpha value is -1.09. The van der Waals surface area contributed by atoms with Crippen LogP contribution in [-0.2, 0) is 0 Å². The number of hydrogen-bond acceptors (Lipinski definition) is 3. The Bertz CT molecular complexity index is 429.